The van der Waals surface area contributed by atoms with Crippen LogP contribution in [-0.4, -0.2) is 9.13 Å². The summed E-state index contributed by atoms with van der Waals surface area (Å²) < 4.78 is 3.38. The van der Waals surface area contributed by atoms with Crippen LogP contribution in [0, 0.1) is 0 Å². The largest absolute Gasteiger partial charge is 0.328 e. The Morgan fingerprint density at radius 1 is 1.00 bits per heavy atom. The van der Waals surface area contributed by atoms with Gasteiger partial charge in [0.1, 0.15) is 0 Å². The minimum absolute atomic E-state index is 0.0105. The first-order chi connectivity index (χ1) is 10.1. The molecule has 0 fully saturated rings. The fourth-order valence-electron chi connectivity index (χ4n) is 2.66. The Morgan fingerprint density at radius 3 is 2.38 bits per heavy atom. The van der Waals surface area contributed by atoms with Crippen molar-refractivity contribution in [2.75, 3.05) is 0 Å². The van der Waals surface area contributed by atoms with Crippen LogP contribution in [-0.2, 0) is 20.5 Å². The van der Waals surface area contributed by atoms with Crippen molar-refractivity contribution in [2.24, 2.45) is 14.1 Å². The molecule has 0 saturated carbocycles. The van der Waals surface area contributed by atoms with Gasteiger partial charge < -0.3 is 0 Å². The number of aryl methyl sites for hydroxylation is 2. The van der Waals surface area contributed by atoms with Gasteiger partial charge in [0.05, 0.1) is 11.0 Å². The van der Waals surface area contributed by atoms with Gasteiger partial charge in [-0.2, -0.15) is 0 Å². The number of fused-ring (bicyclic) bond motifs is 1. The molecular weight excluding hydrogens is 328 g/mol. The molecule has 108 valence electrons. The summed E-state index contributed by atoms with van der Waals surface area (Å²) in [6.07, 6.45) is 0.924. The normalized spacial score (nSPS) is 12.7. The maximum absolute atomic E-state index is 12.0. The molecule has 4 heteroatoms. The van der Waals surface area contributed by atoms with Gasteiger partial charge in [-0.3, -0.25) is 9.13 Å². The molecule has 21 heavy (non-hydrogen) atoms. The van der Waals surface area contributed by atoms with Crippen LogP contribution in [0.3, 0.4) is 0 Å². The molecule has 3 aromatic rings. The van der Waals surface area contributed by atoms with E-state index in [1.807, 2.05) is 19.2 Å². The summed E-state index contributed by atoms with van der Waals surface area (Å²) in [6.45, 7) is 0. The Hall–Kier alpha value is -1.81. The molecule has 3 rings (SSSR count). The number of halogens is 1. The van der Waals surface area contributed by atoms with Crippen LogP contribution in [0.5, 0.6) is 0 Å². The third-order valence-corrected chi connectivity index (χ3v) is 4.77. The zero-order valence-corrected chi connectivity index (χ0v) is 13.7. The summed E-state index contributed by atoms with van der Waals surface area (Å²) in [5.74, 6) is 0. The first-order valence-corrected chi connectivity index (χ1v) is 7.83. The first-order valence-electron chi connectivity index (χ1n) is 6.91. The number of alkyl halides is 1. The Bertz CT molecular complexity index is 833. The number of rotatable bonds is 3. The second-order valence-electron chi connectivity index (χ2n) is 5.31. The Balaban J connectivity index is 1.97. The average Bonchev–Trinajstić information content (AvgIpc) is 2.73. The van der Waals surface area contributed by atoms with E-state index >= 15 is 0 Å². The number of benzene rings is 2. The number of nitrogens with zero attached hydrogens (tertiary/aromatic N) is 2. The summed E-state index contributed by atoms with van der Waals surface area (Å²) >= 11 is 3.76. The number of aromatic nitrogens is 2. The monoisotopic (exact) mass is 344 g/mol. The minimum Gasteiger partial charge on any atom is -0.295 e. The number of hydrogen-bond donors (Lipinski definition) is 0. The maximum Gasteiger partial charge on any atom is 0.328 e. The van der Waals surface area contributed by atoms with E-state index < -0.39 is 0 Å². The van der Waals surface area contributed by atoms with Crippen LogP contribution in [0.25, 0.3) is 11.0 Å². The first kappa shape index (κ1) is 14.1. The molecule has 0 radical (unpaired) electrons. The van der Waals surface area contributed by atoms with Gasteiger partial charge in [0.2, 0.25) is 0 Å². The highest BCUT2D eigenvalue weighted by atomic mass is 79.9. The van der Waals surface area contributed by atoms with Crippen molar-refractivity contribution in [3.05, 3.63) is 70.1 Å². The van der Waals surface area contributed by atoms with Crippen LogP contribution in [0.4, 0.5) is 0 Å². The fourth-order valence-corrected chi connectivity index (χ4v) is 3.32. The fraction of sp³-hybridized carbons (Fsp3) is 0.235. The lowest BCUT2D eigenvalue weighted by molar-refractivity contribution is 0.795. The lowest BCUT2D eigenvalue weighted by Gasteiger charge is -2.11. The summed E-state index contributed by atoms with van der Waals surface area (Å²) in [5, 5.41) is 0. The topological polar surface area (TPSA) is 26.9 Å². The Morgan fingerprint density at radius 2 is 1.67 bits per heavy atom. The van der Waals surface area contributed by atoms with Crippen LogP contribution >= 0.6 is 15.9 Å². The quantitative estimate of drug-likeness (QED) is 0.667. The van der Waals surface area contributed by atoms with E-state index in [9.17, 15) is 4.79 Å². The van der Waals surface area contributed by atoms with Gasteiger partial charge in [-0.25, -0.2) is 4.79 Å². The van der Waals surface area contributed by atoms with Crippen molar-refractivity contribution in [3.8, 4) is 0 Å². The third kappa shape index (κ3) is 2.56. The smallest absolute Gasteiger partial charge is 0.295 e. The molecule has 1 aromatic heterocycles. The molecule has 0 aliphatic carbocycles. The SMILES string of the molecule is Cn1c(=O)n(C)c2cc(C(Br)Cc3ccccc3)ccc21. The standard InChI is InChI=1S/C17H17BrN2O/c1-19-15-9-8-13(11-16(15)20(2)17(19)21)14(18)10-12-6-4-3-5-7-12/h3-9,11,14H,10H2,1-2H3. The molecule has 0 saturated heterocycles. The van der Waals surface area contributed by atoms with E-state index in [1.165, 1.54) is 11.1 Å². The van der Waals surface area contributed by atoms with Gasteiger partial charge in [-0.15, -0.1) is 0 Å². The second kappa shape index (κ2) is 5.53. The molecule has 3 nitrogen and oxygen atoms in total. The molecule has 0 spiro atoms. The highest BCUT2D eigenvalue weighted by molar-refractivity contribution is 9.09. The zero-order chi connectivity index (χ0) is 15.0. The Kier molecular flexibility index (Phi) is 3.72. The molecule has 1 heterocycles. The van der Waals surface area contributed by atoms with E-state index in [0.29, 0.717) is 0 Å². The summed E-state index contributed by atoms with van der Waals surface area (Å²) in [5.41, 5.74) is 4.42. The average molecular weight is 345 g/mol. The molecule has 0 bridgehead atoms. The molecule has 0 N–H and O–H groups in total. The summed E-state index contributed by atoms with van der Waals surface area (Å²) in [6, 6.07) is 16.6. The van der Waals surface area contributed by atoms with Crippen LogP contribution in [0.1, 0.15) is 16.0 Å². The molecule has 1 unspecified atom stereocenters. The van der Waals surface area contributed by atoms with Crippen molar-refractivity contribution in [1.82, 2.24) is 9.13 Å². The van der Waals surface area contributed by atoms with Gasteiger partial charge >= 0.3 is 5.69 Å². The maximum atomic E-state index is 12.0. The zero-order valence-electron chi connectivity index (χ0n) is 12.1. The minimum atomic E-state index is 0.0105. The van der Waals surface area contributed by atoms with E-state index in [4.69, 9.17) is 0 Å². The highest BCUT2D eigenvalue weighted by Crippen LogP contribution is 2.29. The molecular formula is C17H17BrN2O. The van der Waals surface area contributed by atoms with Crippen LogP contribution in [0.2, 0.25) is 0 Å². The van der Waals surface area contributed by atoms with Gasteiger partial charge in [0, 0.05) is 18.9 Å². The second-order valence-corrected chi connectivity index (χ2v) is 6.41. The van der Waals surface area contributed by atoms with E-state index in [2.05, 4.69) is 52.3 Å². The predicted octanol–water partition coefficient (Wildman–Crippen LogP) is 3.56. The number of imidazole rings is 1. The van der Waals surface area contributed by atoms with E-state index in [0.717, 1.165) is 17.5 Å². The van der Waals surface area contributed by atoms with E-state index in [-0.39, 0.29) is 10.5 Å². The predicted molar refractivity (Wildman–Crippen MR) is 90.0 cm³/mol. The van der Waals surface area contributed by atoms with Crippen LogP contribution in [0.15, 0.2) is 53.3 Å². The van der Waals surface area contributed by atoms with Crippen molar-refractivity contribution >= 4 is 27.0 Å². The van der Waals surface area contributed by atoms with Gasteiger partial charge in [-0.05, 0) is 29.7 Å². The van der Waals surface area contributed by atoms with Gasteiger partial charge in [0.25, 0.3) is 0 Å². The van der Waals surface area contributed by atoms with Gasteiger partial charge in [-0.1, -0.05) is 52.3 Å². The van der Waals surface area contributed by atoms with Crippen molar-refractivity contribution in [3.63, 3.8) is 0 Å². The lowest BCUT2D eigenvalue weighted by atomic mass is 10.0. The lowest BCUT2D eigenvalue weighted by Crippen LogP contribution is -2.19. The summed E-state index contributed by atoms with van der Waals surface area (Å²) in [7, 11) is 3.62. The Labute approximate surface area is 132 Å². The van der Waals surface area contributed by atoms with Gasteiger partial charge in [0.15, 0.2) is 0 Å². The van der Waals surface area contributed by atoms with Crippen LogP contribution < -0.4 is 5.69 Å². The molecule has 0 amide bonds. The van der Waals surface area contributed by atoms with E-state index in [1.54, 1.807) is 16.2 Å². The van der Waals surface area contributed by atoms with Crippen molar-refractivity contribution in [1.29, 1.82) is 0 Å². The molecule has 2 aromatic carbocycles. The molecule has 0 aliphatic rings. The molecule has 0 aliphatic heterocycles. The summed E-state index contributed by atoms with van der Waals surface area (Å²) in [4.78, 5) is 12.2. The van der Waals surface area contributed by atoms with Crippen molar-refractivity contribution in [2.45, 2.75) is 11.2 Å². The third-order valence-electron chi connectivity index (χ3n) is 3.92. The van der Waals surface area contributed by atoms with Crippen molar-refractivity contribution < 1.29 is 0 Å². The number of hydrogen-bond acceptors (Lipinski definition) is 1. The highest BCUT2D eigenvalue weighted by Gasteiger charge is 2.13. The molecule has 1 atom stereocenters.